The van der Waals surface area contributed by atoms with Crippen molar-refractivity contribution in [3.8, 4) is 6.07 Å². The molecule has 0 unspecified atom stereocenters. The zero-order valence-corrected chi connectivity index (χ0v) is 13.9. The molecule has 5 heteroatoms. The van der Waals surface area contributed by atoms with Crippen molar-refractivity contribution >= 4 is 29.1 Å². The van der Waals surface area contributed by atoms with Gasteiger partial charge >= 0.3 is 0 Å². The van der Waals surface area contributed by atoms with E-state index in [4.69, 9.17) is 5.73 Å². The molecular weight excluding hydrogens is 318 g/mol. The summed E-state index contributed by atoms with van der Waals surface area (Å²) in [6.07, 6.45) is 0. The van der Waals surface area contributed by atoms with E-state index in [1.807, 2.05) is 77.9 Å². The van der Waals surface area contributed by atoms with Crippen LogP contribution in [0.4, 0.5) is 5.69 Å². The molecule has 1 aliphatic heterocycles. The van der Waals surface area contributed by atoms with Gasteiger partial charge in [-0.1, -0.05) is 59.8 Å². The summed E-state index contributed by atoms with van der Waals surface area (Å²) in [4.78, 5) is 13.6. The van der Waals surface area contributed by atoms with Crippen molar-refractivity contribution < 1.29 is 4.79 Å². The molecule has 0 fully saturated rings. The summed E-state index contributed by atoms with van der Waals surface area (Å²) in [5, 5.41) is 11.8. The molecule has 24 heavy (non-hydrogen) atoms. The monoisotopic (exact) mass is 333 g/mol. The van der Waals surface area contributed by atoms with Crippen molar-refractivity contribution in [2.75, 3.05) is 4.90 Å². The maximum absolute atomic E-state index is 11.7. The number of hydrogen-bond donors (Lipinski definition) is 1. The van der Waals surface area contributed by atoms with Crippen LogP contribution in [0.15, 0.2) is 70.6 Å². The van der Waals surface area contributed by atoms with Crippen molar-refractivity contribution in [1.82, 2.24) is 0 Å². The maximum Gasteiger partial charge on any atom is 0.262 e. The maximum atomic E-state index is 11.7. The molecule has 2 aromatic rings. The highest BCUT2D eigenvalue weighted by Crippen LogP contribution is 2.44. The number of nitrogens with zero attached hydrogens (tertiary/aromatic N) is 2. The molecule has 2 aromatic carbocycles. The van der Waals surface area contributed by atoms with Crippen LogP contribution < -0.4 is 10.6 Å². The predicted octanol–water partition coefficient (Wildman–Crippen LogP) is 3.77. The Morgan fingerprint density at radius 1 is 1.12 bits per heavy atom. The molecule has 1 amide bonds. The van der Waals surface area contributed by atoms with E-state index in [-0.39, 0.29) is 5.57 Å². The Hall–Kier alpha value is -2.97. The van der Waals surface area contributed by atoms with E-state index in [0.29, 0.717) is 5.03 Å². The van der Waals surface area contributed by atoms with Gasteiger partial charge in [0.25, 0.3) is 5.91 Å². The molecule has 0 saturated heterocycles. The van der Waals surface area contributed by atoms with Crippen LogP contribution >= 0.6 is 11.8 Å². The van der Waals surface area contributed by atoms with Crippen LogP contribution in [-0.4, -0.2) is 5.91 Å². The van der Waals surface area contributed by atoms with Gasteiger partial charge < -0.3 is 10.6 Å². The standard InChI is InChI=1S/C19H15N3OS/c1-13-7-9-15(10-8-13)22-17(14-5-3-2-4-6-14)12-24-19(22)16(11-20)18(21)23/h2-10,12H,1H3,(H2,21,23). The Labute approximate surface area is 144 Å². The molecule has 0 saturated carbocycles. The topological polar surface area (TPSA) is 70.1 Å². The first kappa shape index (κ1) is 15.9. The Balaban J connectivity index is 2.17. The van der Waals surface area contributed by atoms with E-state index < -0.39 is 5.91 Å². The van der Waals surface area contributed by atoms with E-state index in [1.165, 1.54) is 11.8 Å². The lowest BCUT2D eigenvalue weighted by Gasteiger charge is -2.24. The Morgan fingerprint density at radius 2 is 1.79 bits per heavy atom. The summed E-state index contributed by atoms with van der Waals surface area (Å²) < 4.78 is 0. The van der Waals surface area contributed by atoms with E-state index >= 15 is 0 Å². The van der Waals surface area contributed by atoms with Crippen molar-refractivity contribution in [3.63, 3.8) is 0 Å². The Kier molecular flexibility index (Phi) is 4.41. The number of primary amides is 1. The van der Waals surface area contributed by atoms with Crippen molar-refractivity contribution in [1.29, 1.82) is 5.26 Å². The molecule has 0 spiro atoms. The van der Waals surface area contributed by atoms with Gasteiger partial charge in [0.2, 0.25) is 0 Å². The first-order chi connectivity index (χ1) is 11.6. The Bertz CT molecular complexity index is 877. The molecule has 4 nitrogen and oxygen atoms in total. The second kappa shape index (κ2) is 6.65. The molecular formula is C19H15N3OS. The van der Waals surface area contributed by atoms with E-state index in [2.05, 4.69) is 0 Å². The molecule has 0 bridgehead atoms. The summed E-state index contributed by atoms with van der Waals surface area (Å²) in [7, 11) is 0. The van der Waals surface area contributed by atoms with Crippen molar-refractivity contribution in [3.05, 3.63) is 81.7 Å². The van der Waals surface area contributed by atoms with Crippen LogP contribution in [0, 0.1) is 18.3 Å². The number of carbonyl (C=O) groups is 1. The second-order valence-corrected chi connectivity index (χ2v) is 6.17. The molecule has 1 heterocycles. The third-order valence-electron chi connectivity index (χ3n) is 3.66. The first-order valence-corrected chi connectivity index (χ1v) is 8.23. The first-order valence-electron chi connectivity index (χ1n) is 7.35. The van der Waals surface area contributed by atoms with Crippen LogP contribution in [-0.2, 0) is 4.79 Å². The number of anilines is 1. The number of aryl methyl sites for hydroxylation is 1. The second-order valence-electron chi connectivity index (χ2n) is 5.31. The van der Waals surface area contributed by atoms with Crippen LogP contribution in [0.1, 0.15) is 11.1 Å². The fourth-order valence-electron chi connectivity index (χ4n) is 2.46. The summed E-state index contributed by atoms with van der Waals surface area (Å²) in [5.74, 6) is -0.722. The lowest BCUT2D eigenvalue weighted by atomic mass is 10.1. The molecule has 3 rings (SSSR count). The summed E-state index contributed by atoms with van der Waals surface area (Å²) in [6, 6.07) is 19.7. The van der Waals surface area contributed by atoms with Crippen molar-refractivity contribution in [2.45, 2.75) is 6.92 Å². The van der Waals surface area contributed by atoms with Gasteiger partial charge in [-0.05, 0) is 24.6 Å². The number of benzene rings is 2. The minimum absolute atomic E-state index is 0.0391. The number of nitrogens with two attached hydrogens (primary N) is 1. The zero-order chi connectivity index (χ0) is 17.1. The fraction of sp³-hybridized carbons (Fsp3) is 0.0526. The zero-order valence-electron chi connectivity index (χ0n) is 13.1. The van der Waals surface area contributed by atoms with Crippen LogP contribution in [0.5, 0.6) is 0 Å². The Morgan fingerprint density at radius 3 is 2.38 bits per heavy atom. The van der Waals surface area contributed by atoms with Crippen LogP contribution in [0.3, 0.4) is 0 Å². The molecule has 0 aliphatic carbocycles. The number of amides is 1. The average Bonchev–Trinajstić information content (AvgIpc) is 3.01. The number of nitriles is 1. The summed E-state index contributed by atoms with van der Waals surface area (Å²) >= 11 is 1.33. The summed E-state index contributed by atoms with van der Waals surface area (Å²) in [5.41, 5.74) is 9.28. The van der Waals surface area contributed by atoms with Gasteiger partial charge in [0, 0.05) is 11.1 Å². The predicted molar refractivity (Wildman–Crippen MR) is 97.5 cm³/mol. The van der Waals surface area contributed by atoms with E-state index in [9.17, 15) is 10.1 Å². The highest BCUT2D eigenvalue weighted by molar-refractivity contribution is 8.06. The number of rotatable bonds is 3. The van der Waals surface area contributed by atoms with E-state index in [0.717, 1.165) is 22.5 Å². The average molecular weight is 333 g/mol. The minimum atomic E-state index is -0.722. The number of hydrogen-bond acceptors (Lipinski definition) is 4. The van der Waals surface area contributed by atoms with Gasteiger partial charge in [-0.3, -0.25) is 4.79 Å². The minimum Gasteiger partial charge on any atom is -0.365 e. The van der Waals surface area contributed by atoms with Crippen molar-refractivity contribution in [2.24, 2.45) is 5.73 Å². The van der Waals surface area contributed by atoms with Gasteiger partial charge in [0.05, 0.1) is 5.70 Å². The van der Waals surface area contributed by atoms with Gasteiger partial charge in [-0.2, -0.15) is 5.26 Å². The van der Waals surface area contributed by atoms with E-state index in [1.54, 1.807) is 0 Å². The number of carbonyl (C=O) groups excluding carboxylic acids is 1. The molecule has 0 aromatic heterocycles. The number of thioether (sulfide) groups is 1. The quantitative estimate of drug-likeness (QED) is 0.686. The molecule has 0 radical (unpaired) electrons. The third-order valence-corrected chi connectivity index (χ3v) is 4.61. The van der Waals surface area contributed by atoms with Crippen LogP contribution in [0.2, 0.25) is 0 Å². The highest BCUT2D eigenvalue weighted by atomic mass is 32.2. The molecule has 2 N–H and O–H groups in total. The largest absolute Gasteiger partial charge is 0.365 e. The summed E-state index contributed by atoms with van der Waals surface area (Å²) in [6.45, 7) is 2.01. The highest BCUT2D eigenvalue weighted by Gasteiger charge is 2.29. The fourth-order valence-corrected chi connectivity index (χ4v) is 3.50. The van der Waals surface area contributed by atoms with Gasteiger partial charge in [-0.25, -0.2) is 0 Å². The third kappa shape index (κ3) is 2.92. The van der Waals surface area contributed by atoms with Gasteiger partial charge in [0.15, 0.2) is 0 Å². The SMILES string of the molecule is Cc1ccc(N2C(c3ccccc3)=CSC2=C(C#N)C(N)=O)cc1. The van der Waals surface area contributed by atoms with Gasteiger partial charge in [-0.15, -0.1) is 0 Å². The lowest BCUT2D eigenvalue weighted by Crippen LogP contribution is -2.22. The lowest BCUT2D eigenvalue weighted by molar-refractivity contribution is -0.114. The smallest absolute Gasteiger partial charge is 0.262 e. The van der Waals surface area contributed by atoms with Crippen LogP contribution in [0.25, 0.3) is 5.70 Å². The molecule has 1 aliphatic rings. The molecule has 0 atom stereocenters. The van der Waals surface area contributed by atoms with Gasteiger partial charge in [0.1, 0.15) is 16.7 Å². The normalized spacial score (nSPS) is 15.7. The molecule has 118 valence electrons.